The van der Waals surface area contributed by atoms with Gasteiger partial charge in [-0.3, -0.25) is 4.79 Å². The largest absolute Gasteiger partial charge is 0.352 e. The number of nitrogens with one attached hydrogen (secondary N) is 1. The smallest absolute Gasteiger partial charge is 0.224 e. The Morgan fingerprint density at radius 1 is 1.11 bits per heavy atom. The van der Waals surface area contributed by atoms with E-state index in [1.54, 1.807) is 13.8 Å². The first-order valence-electron chi connectivity index (χ1n) is 8.47. The van der Waals surface area contributed by atoms with Crippen LogP contribution in [0.3, 0.4) is 0 Å². The zero-order valence-electron chi connectivity index (χ0n) is 15.2. The van der Waals surface area contributed by atoms with Crippen molar-refractivity contribution in [2.75, 3.05) is 0 Å². The molecule has 8 heteroatoms. The molecule has 0 bridgehead atoms. The maximum atomic E-state index is 14.1. The Kier molecular flexibility index (Phi) is 5.74. The minimum atomic E-state index is -0.743. The lowest BCUT2D eigenvalue weighted by Crippen LogP contribution is -2.25. The van der Waals surface area contributed by atoms with Gasteiger partial charge in [0.25, 0.3) is 0 Å². The van der Waals surface area contributed by atoms with E-state index in [4.69, 9.17) is 11.6 Å². The second-order valence-corrected chi connectivity index (χ2v) is 6.75. The third-order valence-corrected chi connectivity index (χ3v) is 4.76. The molecule has 0 saturated heterocycles. The topological polar surface area (TPSA) is 46.9 Å². The SMILES string of the molecule is Cc1nn(-c2ccc(F)cc2F)c(C)c1CC(=O)NCc1ccc(F)cc1Cl. The molecule has 1 amide bonds. The number of aromatic nitrogens is 2. The molecule has 0 aliphatic heterocycles. The molecule has 3 rings (SSSR count). The van der Waals surface area contributed by atoms with Crippen LogP contribution in [0.4, 0.5) is 13.2 Å². The molecule has 0 radical (unpaired) electrons. The first kappa shape index (κ1) is 19.9. The van der Waals surface area contributed by atoms with E-state index in [1.165, 1.54) is 28.9 Å². The molecular formula is C20H17ClF3N3O. The lowest BCUT2D eigenvalue weighted by Gasteiger charge is -2.09. The molecule has 0 aliphatic carbocycles. The summed E-state index contributed by atoms with van der Waals surface area (Å²) in [5.74, 6) is -2.16. The maximum Gasteiger partial charge on any atom is 0.224 e. The van der Waals surface area contributed by atoms with Gasteiger partial charge in [0.05, 0.1) is 12.1 Å². The van der Waals surface area contributed by atoms with E-state index in [2.05, 4.69) is 10.4 Å². The van der Waals surface area contributed by atoms with Gasteiger partial charge >= 0.3 is 0 Å². The van der Waals surface area contributed by atoms with Crippen molar-refractivity contribution in [3.8, 4) is 5.69 Å². The van der Waals surface area contributed by atoms with Crippen molar-refractivity contribution in [1.29, 1.82) is 0 Å². The fourth-order valence-electron chi connectivity index (χ4n) is 2.90. The summed E-state index contributed by atoms with van der Waals surface area (Å²) in [5, 5.41) is 7.23. The minimum Gasteiger partial charge on any atom is -0.352 e. The van der Waals surface area contributed by atoms with Gasteiger partial charge in [-0.2, -0.15) is 5.10 Å². The Morgan fingerprint density at radius 3 is 2.46 bits per heavy atom. The Labute approximate surface area is 164 Å². The third-order valence-electron chi connectivity index (χ3n) is 4.41. The van der Waals surface area contributed by atoms with Crippen molar-refractivity contribution >= 4 is 17.5 Å². The van der Waals surface area contributed by atoms with Crippen molar-refractivity contribution in [3.05, 3.63) is 81.4 Å². The van der Waals surface area contributed by atoms with E-state index < -0.39 is 17.5 Å². The highest BCUT2D eigenvalue weighted by molar-refractivity contribution is 6.31. The highest BCUT2D eigenvalue weighted by atomic mass is 35.5. The monoisotopic (exact) mass is 407 g/mol. The highest BCUT2D eigenvalue weighted by Gasteiger charge is 2.18. The van der Waals surface area contributed by atoms with Gasteiger partial charge in [-0.1, -0.05) is 17.7 Å². The van der Waals surface area contributed by atoms with Gasteiger partial charge in [0.15, 0.2) is 5.82 Å². The van der Waals surface area contributed by atoms with E-state index in [-0.39, 0.29) is 29.6 Å². The first-order chi connectivity index (χ1) is 13.3. The average Bonchev–Trinajstić information content (AvgIpc) is 2.89. The van der Waals surface area contributed by atoms with Crippen LogP contribution in [0.2, 0.25) is 5.02 Å². The molecule has 0 unspecified atom stereocenters. The normalized spacial score (nSPS) is 10.9. The van der Waals surface area contributed by atoms with Crippen LogP contribution in [0.15, 0.2) is 36.4 Å². The maximum absolute atomic E-state index is 14.1. The van der Waals surface area contributed by atoms with Crippen LogP contribution in [0.25, 0.3) is 5.69 Å². The average molecular weight is 408 g/mol. The lowest BCUT2D eigenvalue weighted by atomic mass is 10.1. The number of rotatable bonds is 5. The van der Waals surface area contributed by atoms with Crippen molar-refractivity contribution in [2.24, 2.45) is 0 Å². The summed E-state index contributed by atoms with van der Waals surface area (Å²) in [5.41, 5.74) is 2.49. The summed E-state index contributed by atoms with van der Waals surface area (Å²) in [6, 6.07) is 7.17. The number of carbonyl (C=O) groups excluding carboxylic acids is 1. The van der Waals surface area contributed by atoms with Crippen LogP contribution in [0, 0.1) is 31.3 Å². The molecule has 0 aliphatic rings. The zero-order valence-corrected chi connectivity index (χ0v) is 15.9. The first-order valence-corrected chi connectivity index (χ1v) is 8.85. The van der Waals surface area contributed by atoms with Gasteiger partial charge in [0.1, 0.15) is 17.3 Å². The molecular weight excluding hydrogens is 391 g/mol. The molecule has 1 N–H and O–H groups in total. The molecule has 0 spiro atoms. The van der Waals surface area contributed by atoms with Crippen molar-refractivity contribution in [2.45, 2.75) is 26.8 Å². The van der Waals surface area contributed by atoms with Crippen LogP contribution in [0.1, 0.15) is 22.5 Å². The summed E-state index contributed by atoms with van der Waals surface area (Å²) in [7, 11) is 0. The summed E-state index contributed by atoms with van der Waals surface area (Å²) < 4.78 is 41.7. The molecule has 2 aromatic carbocycles. The molecule has 0 fully saturated rings. The quantitative estimate of drug-likeness (QED) is 0.680. The number of nitrogens with zero attached hydrogens (tertiary/aromatic N) is 2. The number of aryl methyl sites for hydroxylation is 1. The molecule has 1 heterocycles. The summed E-state index contributed by atoms with van der Waals surface area (Å²) in [6.45, 7) is 3.57. The van der Waals surface area contributed by atoms with Crippen LogP contribution < -0.4 is 5.32 Å². The van der Waals surface area contributed by atoms with E-state index in [0.29, 0.717) is 22.5 Å². The summed E-state index contributed by atoms with van der Waals surface area (Å²) in [4.78, 5) is 12.3. The molecule has 0 saturated carbocycles. The fraction of sp³-hybridized carbons (Fsp3) is 0.200. The Balaban J connectivity index is 1.75. The van der Waals surface area contributed by atoms with Crippen molar-refractivity contribution < 1.29 is 18.0 Å². The molecule has 1 aromatic heterocycles. The second kappa shape index (κ2) is 8.06. The van der Waals surface area contributed by atoms with Crippen LogP contribution in [-0.4, -0.2) is 15.7 Å². The molecule has 146 valence electrons. The van der Waals surface area contributed by atoms with Gasteiger partial charge in [-0.25, -0.2) is 17.9 Å². The van der Waals surface area contributed by atoms with E-state index >= 15 is 0 Å². The molecule has 4 nitrogen and oxygen atoms in total. The lowest BCUT2D eigenvalue weighted by molar-refractivity contribution is -0.120. The highest BCUT2D eigenvalue weighted by Crippen LogP contribution is 2.21. The van der Waals surface area contributed by atoms with Gasteiger partial charge in [0, 0.05) is 28.9 Å². The van der Waals surface area contributed by atoms with Crippen LogP contribution >= 0.6 is 11.6 Å². The van der Waals surface area contributed by atoms with E-state index in [1.807, 2.05) is 0 Å². The third kappa shape index (κ3) is 4.20. The van der Waals surface area contributed by atoms with Crippen molar-refractivity contribution in [1.82, 2.24) is 15.1 Å². The van der Waals surface area contributed by atoms with Crippen molar-refractivity contribution in [3.63, 3.8) is 0 Å². The van der Waals surface area contributed by atoms with Gasteiger partial charge in [0.2, 0.25) is 5.91 Å². The second-order valence-electron chi connectivity index (χ2n) is 6.35. The minimum absolute atomic E-state index is 0.0271. The number of hydrogen-bond donors (Lipinski definition) is 1. The van der Waals surface area contributed by atoms with Gasteiger partial charge in [-0.05, 0) is 43.7 Å². The van der Waals surface area contributed by atoms with E-state index in [0.717, 1.165) is 12.1 Å². The standard InChI is InChI=1S/C20H17ClF3N3O/c1-11-16(9-20(28)25-10-13-3-4-14(22)7-17(13)21)12(2)27(26-11)19-6-5-15(23)8-18(19)24/h3-8H,9-10H2,1-2H3,(H,25,28). The number of amides is 1. The van der Waals surface area contributed by atoms with E-state index in [9.17, 15) is 18.0 Å². The Bertz CT molecular complexity index is 1050. The molecule has 3 aromatic rings. The Morgan fingerprint density at radius 2 is 1.79 bits per heavy atom. The number of benzene rings is 2. The zero-order chi connectivity index (χ0) is 20.4. The molecule has 28 heavy (non-hydrogen) atoms. The predicted octanol–water partition coefficient (Wildman–Crippen LogP) is 4.42. The fourth-order valence-corrected chi connectivity index (χ4v) is 3.13. The molecule has 0 atom stereocenters. The Hall–Kier alpha value is -2.80. The number of carbonyl (C=O) groups is 1. The number of halogens is 4. The van der Waals surface area contributed by atoms with Gasteiger partial charge < -0.3 is 5.32 Å². The van der Waals surface area contributed by atoms with Crippen LogP contribution in [0.5, 0.6) is 0 Å². The predicted molar refractivity (Wildman–Crippen MR) is 99.9 cm³/mol. The van der Waals surface area contributed by atoms with Gasteiger partial charge in [-0.15, -0.1) is 0 Å². The summed E-state index contributed by atoms with van der Waals surface area (Å²) >= 11 is 5.95. The summed E-state index contributed by atoms with van der Waals surface area (Å²) in [6.07, 6.45) is 0.0271. The van der Waals surface area contributed by atoms with Crippen LogP contribution in [-0.2, 0) is 17.8 Å². The number of hydrogen-bond acceptors (Lipinski definition) is 2.